The minimum Gasteiger partial charge on any atom is -0.435 e. The molecule has 0 aliphatic heterocycles. The van der Waals surface area contributed by atoms with E-state index in [4.69, 9.17) is 4.42 Å². The Morgan fingerprint density at radius 2 is 1.32 bits per heavy atom. The second-order valence-corrected chi connectivity index (χ2v) is 4.72. The molecule has 0 N–H and O–H groups in total. The summed E-state index contributed by atoms with van der Waals surface area (Å²) in [5, 5.41) is 7.69. The molecule has 2 aromatic carbocycles. The molecule has 0 fully saturated rings. The smallest absolute Gasteiger partial charge is 0.387 e. The lowest BCUT2D eigenvalue weighted by atomic mass is 10.2. The van der Waals surface area contributed by atoms with Gasteiger partial charge in [0.05, 0.1) is 0 Å². The predicted molar refractivity (Wildman–Crippen MR) is 78.4 cm³/mol. The first kappa shape index (κ1) is 16.7. The maximum Gasteiger partial charge on any atom is 0.387 e. The van der Waals surface area contributed by atoms with E-state index < -0.39 is 13.2 Å². The van der Waals surface area contributed by atoms with Gasteiger partial charge in [-0.25, -0.2) is 0 Å². The van der Waals surface area contributed by atoms with Crippen LogP contribution in [0, 0.1) is 0 Å². The van der Waals surface area contributed by atoms with Gasteiger partial charge in [-0.15, -0.1) is 10.2 Å². The highest BCUT2D eigenvalue weighted by atomic mass is 19.3. The van der Waals surface area contributed by atoms with Crippen LogP contribution in [-0.2, 0) is 0 Å². The normalized spacial score (nSPS) is 11.1. The average molecular weight is 354 g/mol. The number of rotatable bonds is 6. The fraction of sp³-hybridized carbons (Fsp3) is 0.125. The first-order valence-corrected chi connectivity index (χ1v) is 6.95. The summed E-state index contributed by atoms with van der Waals surface area (Å²) in [6.07, 6.45) is 0. The van der Waals surface area contributed by atoms with E-state index in [9.17, 15) is 17.6 Å². The van der Waals surface area contributed by atoms with Crippen LogP contribution in [0.25, 0.3) is 22.9 Å². The third-order valence-electron chi connectivity index (χ3n) is 3.06. The molecule has 3 aromatic rings. The third kappa shape index (κ3) is 4.25. The zero-order valence-corrected chi connectivity index (χ0v) is 12.4. The topological polar surface area (TPSA) is 57.4 Å². The summed E-state index contributed by atoms with van der Waals surface area (Å²) in [6.45, 7) is -5.86. The second-order valence-electron chi connectivity index (χ2n) is 4.72. The van der Waals surface area contributed by atoms with Gasteiger partial charge in [0.2, 0.25) is 11.8 Å². The second kappa shape index (κ2) is 7.20. The van der Waals surface area contributed by atoms with E-state index in [0.29, 0.717) is 11.1 Å². The fourth-order valence-corrected chi connectivity index (χ4v) is 2.04. The molecular weight excluding hydrogens is 344 g/mol. The molecule has 0 saturated heterocycles. The predicted octanol–water partition coefficient (Wildman–Crippen LogP) is 4.61. The van der Waals surface area contributed by atoms with Gasteiger partial charge in [0, 0.05) is 11.1 Å². The van der Waals surface area contributed by atoms with Crippen molar-refractivity contribution in [3.8, 4) is 34.4 Å². The molecule has 25 heavy (non-hydrogen) atoms. The summed E-state index contributed by atoms with van der Waals surface area (Å²) in [5.41, 5.74) is 0.884. The summed E-state index contributed by atoms with van der Waals surface area (Å²) < 4.78 is 62.8. The molecule has 9 heteroatoms. The zero-order valence-electron chi connectivity index (χ0n) is 12.4. The minimum absolute atomic E-state index is 0.00432. The zero-order chi connectivity index (χ0) is 17.8. The van der Waals surface area contributed by atoms with Crippen LogP contribution < -0.4 is 9.47 Å². The van der Waals surface area contributed by atoms with Crippen molar-refractivity contribution in [1.29, 1.82) is 0 Å². The summed E-state index contributed by atoms with van der Waals surface area (Å²) >= 11 is 0. The van der Waals surface area contributed by atoms with Crippen molar-refractivity contribution >= 4 is 0 Å². The van der Waals surface area contributed by atoms with Crippen LogP contribution in [-0.4, -0.2) is 23.4 Å². The van der Waals surface area contributed by atoms with E-state index in [1.165, 1.54) is 42.5 Å². The van der Waals surface area contributed by atoms with Gasteiger partial charge in [0.25, 0.3) is 0 Å². The number of ether oxygens (including phenoxy) is 2. The van der Waals surface area contributed by atoms with Crippen molar-refractivity contribution in [2.45, 2.75) is 13.2 Å². The van der Waals surface area contributed by atoms with Gasteiger partial charge in [-0.1, -0.05) is 6.07 Å². The molecule has 0 atom stereocenters. The number of aromatic nitrogens is 2. The Kier molecular flexibility index (Phi) is 4.82. The SMILES string of the molecule is FC(F)Oc1ccc(-c2nnc(-c3cccc(OC(F)F)c3)o2)cc1. The van der Waals surface area contributed by atoms with Gasteiger partial charge in [-0.2, -0.15) is 17.6 Å². The van der Waals surface area contributed by atoms with E-state index in [1.54, 1.807) is 6.07 Å². The molecule has 0 saturated carbocycles. The standard InChI is InChI=1S/C16H10F4N2O3/c17-15(18)23-11-6-4-9(5-7-11)13-21-22-14(25-13)10-2-1-3-12(8-10)24-16(19)20/h1-8,15-16H. The van der Waals surface area contributed by atoms with Crippen LogP contribution in [0.15, 0.2) is 52.9 Å². The van der Waals surface area contributed by atoms with Crippen LogP contribution in [0.1, 0.15) is 0 Å². The number of benzene rings is 2. The van der Waals surface area contributed by atoms with Crippen LogP contribution in [0.2, 0.25) is 0 Å². The maximum absolute atomic E-state index is 12.3. The number of alkyl halides is 4. The molecule has 0 aliphatic carbocycles. The lowest BCUT2D eigenvalue weighted by molar-refractivity contribution is -0.0505. The van der Waals surface area contributed by atoms with Crippen molar-refractivity contribution in [2.75, 3.05) is 0 Å². The van der Waals surface area contributed by atoms with E-state index in [-0.39, 0.29) is 23.3 Å². The number of hydrogen-bond acceptors (Lipinski definition) is 5. The summed E-state index contributed by atoms with van der Waals surface area (Å²) in [4.78, 5) is 0. The van der Waals surface area contributed by atoms with Gasteiger partial charge in [-0.05, 0) is 42.5 Å². The highest BCUT2D eigenvalue weighted by molar-refractivity contribution is 5.59. The Bertz CT molecular complexity index is 837. The minimum atomic E-state index is -2.94. The van der Waals surface area contributed by atoms with Gasteiger partial charge < -0.3 is 13.9 Å². The highest BCUT2D eigenvalue weighted by Gasteiger charge is 2.13. The van der Waals surface area contributed by atoms with E-state index >= 15 is 0 Å². The van der Waals surface area contributed by atoms with Gasteiger partial charge in [0.15, 0.2) is 0 Å². The van der Waals surface area contributed by atoms with Crippen molar-refractivity contribution in [1.82, 2.24) is 10.2 Å². The molecule has 0 spiro atoms. The Morgan fingerprint density at radius 1 is 0.720 bits per heavy atom. The third-order valence-corrected chi connectivity index (χ3v) is 3.06. The molecule has 0 bridgehead atoms. The Labute approximate surface area is 138 Å². The first-order chi connectivity index (χ1) is 12.0. The lowest BCUT2D eigenvalue weighted by Crippen LogP contribution is -2.01. The molecule has 1 aromatic heterocycles. The fourth-order valence-electron chi connectivity index (χ4n) is 2.04. The molecular formula is C16H10F4N2O3. The van der Waals surface area contributed by atoms with Crippen molar-refractivity contribution in [2.24, 2.45) is 0 Å². The summed E-state index contributed by atoms with van der Waals surface area (Å²) in [7, 11) is 0. The quantitative estimate of drug-likeness (QED) is 0.605. The van der Waals surface area contributed by atoms with E-state index in [0.717, 1.165) is 0 Å². The van der Waals surface area contributed by atoms with Crippen LogP contribution in [0.4, 0.5) is 17.6 Å². The molecule has 0 amide bonds. The molecule has 0 radical (unpaired) electrons. The molecule has 130 valence electrons. The largest absolute Gasteiger partial charge is 0.435 e. The molecule has 3 rings (SSSR count). The van der Waals surface area contributed by atoms with E-state index in [2.05, 4.69) is 19.7 Å². The van der Waals surface area contributed by atoms with Crippen molar-refractivity contribution < 1.29 is 31.5 Å². The van der Waals surface area contributed by atoms with Crippen LogP contribution >= 0.6 is 0 Å². The highest BCUT2D eigenvalue weighted by Crippen LogP contribution is 2.28. The molecule has 5 nitrogen and oxygen atoms in total. The maximum atomic E-state index is 12.3. The first-order valence-electron chi connectivity index (χ1n) is 6.95. The van der Waals surface area contributed by atoms with Crippen molar-refractivity contribution in [3.63, 3.8) is 0 Å². The van der Waals surface area contributed by atoms with Crippen LogP contribution in [0.5, 0.6) is 11.5 Å². The Balaban J connectivity index is 1.80. The Morgan fingerprint density at radius 3 is 1.96 bits per heavy atom. The van der Waals surface area contributed by atoms with Crippen molar-refractivity contribution in [3.05, 3.63) is 48.5 Å². The van der Waals surface area contributed by atoms with Gasteiger partial charge in [0.1, 0.15) is 11.5 Å². The molecule has 0 aliphatic rings. The summed E-state index contributed by atoms with van der Waals surface area (Å²) in [5.74, 6) is 0.192. The lowest BCUT2D eigenvalue weighted by Gasteiger charge is -2.04. The number of hydrogen-bond donors (Lipinski definition) is 0. The number of halogens is 4. The molecule has 0 unspecified atom stereocenters. The molecule has 1 heterocycles. The van der Waals surface area contributed by atoms with Gasteiger partial charge >= 0.3 is 13.2 Å². The Hall–Kier alpha value is -3.10. The summed E-state index contributed by atoms with van der Waals surface area (Å²) in [6, 6.07) is 11.4. The average Bonchev–Trinajstić information content (AvgIpc) is 3.05. The van der Waals surface area contributed by atoms with Gasteiger partial charge in [-0.3, -0.25) is 0 Å². The number of nitrogens with zero attached hydrogens (tertiary/aromatic N) is 2. The monoisotopic (exact) mass is 354 g/mol. The van der Waals surface area contributed by atoms with E-state index in [1.807, 2.05) is 0 Å². The van der Waals surface area contributed by atoms with Crippen LogP contribution in [0.3, 0.4) is 0 Å².